The first-order valence-electron chi connectivity index (χ1n) is 6.01. The second-order valence-corrected chi connectivity index (χ2v) is 4.73. The van der Waals surface area contributed by atoms with Crippen LogP contribution in [0, 0.1) is 17.2 Å². The highest BCUT2D eigenvalue weighted by Crippen LogP contribution is 2.13. The normalized spacial score (nSPS) is 13.8. The molecule has 96 valence electrons. The van der Waals surface area contributed by atoms with Gasteiger partial charge in [-0.25, -0.2) is 0 Å². The number of hydrogen-bond acceptors (Lipinski definition) is 3. The quantitative estimate of drug-likeness (QED) is 0.847. The smallest absolute Gasteiger partial charge is 0.237 e. The second kappa shape index (κ2) is 6.18. The molecule has 2 atom stereocenters. The van der Waals surface area contributed by atoms with E-state index in [0.29, 0.717) is 5.56 Å². The fourth-order valence-corrected chi connectivity index (χ4v) is 1.54. The summed E-state index contributed by atoms with van der Waals surface area (Å²) in [5, 5.41) is 11.6. The van der Waals surface area contributed by atoms with Crippen molar-refractivity contribution < 1.29 is 4.79 Å². The Morgan fingerprint density at radius 2 is 1.83 bits per heavy atom. The van der Waals surface area contributed by atoms with Gasteiger partial charge in [0.25, 0.3) is 0 Å². The summed E-state index contributed by atoms with van der Waals surface area (Å²) < 4.78 is 0. The highest BCUT2D eigenvalue weighted by Gasteiger charge is 2.19. The lowest BCUT2D eigenvalue weighted by Gasteiger charge is -2.20. The fraction of sp³-hybridized carbons (Fsp3) is 0.429. The maximum absolute atomic E-state index is 11.8. The molecule has 1 aromatic carbocycles. The van der Waals surface area contributed by atoms with Crippen LogP contribution in [0.25, 0.3) is 0 Å². The van der Waals surface area contributed by atoms with Crippen molar-refractivity contribution in [1.82, 2.24) is 5.32 Å². The molecule has 0 saturated carbocycles. The highest BCUT2D eigenvalue weighted by atomic mass is 16.2. The molecule has 0 aliphatic rings. The fourth-order valence-electron chi connectivity index (χ4n) is 1.54. The van der Waals surface area contributed by atoms with E-state index in [1.807, 2.05) is 32.9 Å². The van der Waals surface area contributed by atoms with Gasteiger partial charge in [-0.3, -0.25) is 4.79 Å². The summed E-state index contributed by atoms with van der Waals surface area (Å²) >= 11 is 0. The Morgan fingerprint density at radius 3 is 2.28 bits per heavy atom. The number of amides is 1. The minimum atomic E-state index is -0.495. The van der Waals surface area contributed by atoms with Crippen molar-refractivity contribution in [3.05, 3.63) is 35.4 Å². The van der Waals surface area contributed by atoms with Crippen LogP contribution in [0.15, 0.2) is 24.3 Å². The molecular formula is C14H19N3O. The largest absolute Gasteiger partial charge is 0.348 e. The van der Waals surface area contributed by atoms with E-state index in [1.165, 1.54) is 0 Å². The number of nitrogens with zero attached hydrogens (tertiary/aromatic N) is 1. The molecule has 0 aromatic heterocycles. The van der Waals surface area contributed by atoms with Crippen LogP contribution >= 0.6 is 0 Å². The average Bonchev–Trinajstić information content (AvgIpc) is 2.37. The minimum Gasteiger partial charge on any atom is -0.348 e. The molecule has 0 bridgehead atoms. The number of benzene rings is 1. The Balaban J connectivity index is 2.67. The molecule has 18 heavy (non-hydrogen) atoms. The number of hydrogen-bond donors (Lipinski definition) is 2. The Kier molecular flexibility index (Phi) is 4.87. The summed E-state index contributed by atoms with van der Waals surface area (Å²) in [4.78, 5) is 11.8. The standard InChI is InChI=1S/C14H19N3O/c1-9(2)13(16)14(18)17-10(3)12-6-4-11(8-15)5-7-12/h4-7,9-10,13H,16H2,1-3H3,(H,17,18)/t10?,13-/m0/s1. The summed E-state index contributed by atoms with van der Waals surface area (Å²) in [7, 11) is 0. The minimum absolute atomic E-state index is 0.109. The van der Waals surface area contributed by atoms with E-state index in [9.17, 15) is 4.79 Å². The number of rotatable bonds is 4. The number of carbonyl (C=O) groups is 1. The van der Waals surface area contributed by atoms with E-state index in [2.05, 4.69) is 11.4 Å². The Labute approximate surface area is 108 Å². The lowest BCUT2D eigenvalue weighted by Crippen LogP contribution is -2.44. The maximum Gasteiger partial charge on any atom is 0.237 e. The maximum atomic E-state index is 11.8. The first-order valence-corrected chi connectivity index (χ1v) is 6.01. The van der Waals surface area contributed by atoms with Crippen molar-refractivity contribution in [3.8, 4) is 6.07 Å². The van der Waals surface area contributed by atoms with Crippen molar-refractivity contribution >= 4 is 5.91 Å². The van der Waals surface area contributed by atoms with Crippen LogP contribution in [0.4, 0.5) is 0 Å². The summed E-state index contributed by atoms with van der Waals surface area (Å²) in [6, 6.07) is 8.60. The summed E-state index contributed by atoms with van der Waals surface area (Å²) in [5.41, 5.74) is 7.34. The number of nitrogens with one attached hydrogen (secondary N) is 1. The molecule has 1 unspecified atom stereocenters. The molecule has 4 nitrogen and oxygen atoms in total. The number of nitriles is 1. The molecule has 3 N–H and O–H groups in total. The summed E-state index contributed by atoms with van der Waals surface area (Å²) in [6.07, 6.45) is 0. The first kappa shape index (κ1) is 14.2. The molecule has 0 aliphatic heterocycles. The predicted molar refractivity (Wildman–Crippen MR) is 70.5 cm³/mol. The molecule has 0 aliphatic carbocycles. The average molecular weight is 245 g/mol. The van der Waals surface area contributed by atoms with Crippen LogP contribution in [-0.2, 0) is 4.79 Å². The molecular weight excluding hydrogens is 226 g/mol. The monoisotopic (exact) mass is 245 g/mol. The highest BCUT2D eigenvalue weighted by molar-refractivity contribution is 5.82. The van der Waals surface area contributed by atoms with Crippen LogP contribution in [0.2, 0.25) is 0 Å². The Bertz CT molecular complexity index is 445. The van der Waals surface area contributed by atoms with Crippen molar-refractivity contribution in [1.29, 1.82) is 5.26 Å². The van der Waals surface area contributed by atoms with Crippen molar-refractivity contribution in [2.45, 2.75) is 32.9 Å². The zero-order valence-electron chi connectivity index (χ0n) is 11.0. The van der Waals surface area contributed by atoms with E-state index in [1.54, 1.807) is 12.1 Å². The molecule has 1 amide bonds. The van der Waals surface area contributed by atoms with E-state index in [4.69, 9.17) is 11.0 Å². The van der Waals surface area contributed by atoms with Gasteiger partial charge in [0.15, 0.2) is 0 Å². The summed E-state index contributed by atoms with van der Waals surface area (Å²) in [5.74, 6) is -0.0416. The van der Waals surface area contributed by atoms with Crippen molar-refractivity contribution in [3.63, 3.8) is 0 Å². The van der Waals surface area contributed by atoms with Gasteiger partial charge in [-0.2, -0.15) is 5.26 Å². The topological polar surface area (TPSA) is 78.9 Å². The van der Waals surface area contributed by atoms with E-state index in [0.717, 1.165) is 5.56 Å². The lowest BCUT2D eigenvalue weighted by atomic mass is 10.0. The molecule has 1 aromatic rings. The van der Waals surface area contributed by atoms with Gasteiger partial charge in [-0.05, 0) is 30.5 Å². The van der Waals surface area contributed by atoms with Gasteiger partial charge in [0.1, 0.15) is 0 Å². The molecule has 0 heterocycles. The van der Waals surface area contributed by atoms with Crippen LogP contribution < -0.4 is 11.1 Å². The van der Waals surface area contributed by atoms with Gasteiger partial charge in [0.05, 0.1) is 23.7 Å². The summed E-state index contributed by atoms with van der Waals surface area (Å²) in [6.45, 7) is 5.72. The predicted octanol–water partition coefficient (Wildman–Crippen LogP) is 1.72. The molecule has 1 rings (SSSR count). The number of carbonyl (C=O) groups excluding carboxylic acids is 1. The van der Waals surface area contributed by atoms with Crippen LogP contribution in [0.1, 0.15) is 37.9 Å². The van der Waals surface area contributed by atoms with Gasteiger partial charge in [0, 0.05) is 0 Å². The van der Waals surface area contributed by atoms with E-state index >= 15 is 0 Å². The third-order valence-electron chi connectivity index (χ3n) is 2.92. The van der Waals surface area contributed by atoms with Gasteiger partial charge in [0.2, 0.25) is 5.91 Å². The number of nitrogens with two attached hydrogens (primary N) is 1. The van der Waals surface area contributed by atoms with Gasteiger partial charge in [-0.15, -0.1) is 0 Å². The van der Waals surface area contributed by atoms with E-state index < -0.39 is 6.04 Å². The molecule has 0 fully saturated rings. The van der Waals surface area contributed by atoms with Gasteiger partial charge in [-0.1, -0.05) is 26.0 Å². The van der Waals surface area contributed by atoms with Crippen LogP contribution in [0.5, 0.6) is 0 Å². The van der Waals surface area contributed by atoms with Crippen molar-refractivity contribution in [2.24, 2.45) is 11.7 Å². The second-order valence-electron chi connectivity index (χ2n) is 4.73. The first-order chi connectivity index (χ1) is 8.45. The molecule has 0 saturated heterocycles. The van der Waals surface area contributed by atoms with E-state index in [-0.39, 0.29) is 17.9 Å². The third kappa shape index (κ3) is 3.57. The van der Waals surface area contributed by atoms with Crippen LogP contribution in [0.3, 0.4) is 0 Å². The molecule has 0 spiro atoms. The SMILES string of the molecule is CC(NC(=O)[C@@H](N)C(C)C)c1ccc(C#N)cc1. The lowest BCUT2D eigenvalue weighted by molar-refractivity contribution is -0.123. The zero-order chi connectivity index (χ0) is 13.7. The zero-order valence-corrected chi connectivity index (χ0v) is 11.0. The third-order valence-corrected chi connectivity index (χ3v) is 2.92. The Morgan fingerprint density at radius 1 is 1.28 bits per heavy atom. The molecule has 0 radical (unpaired) electrons. The van der Waals surface area contributed by atoms with Crippen molar-refractivity contribution in [2.75, 3.05) is 0 Å². The van der Waals surface area contributed by atoms with Gasteiger partial charge < -0.3 is 11.1 Å². The molecule has 4 heteroatoms. The Hall–Kier alpha value is -1.86. The van der Waals surface area contributed by atoms with Crippen LogP contribution in [-0.4, -0.2) is 11.9 Å². The van der Waals surface area contributed by atoms with Gasteiger partial charge >= 0.3 is 0 Å².